The number of hydrogen-bond acceptors (Lipinski definition) is 4. The van der Waals surface area contributed by atoms with Gasteiger partial charge >= 0.3 is 0 Å². The van der Waals surface area contributed by atoms with E-state index < -0.39 is 10.0 Å². The van der Waals surface area contributed by atoms with Crippen LogP contribution in [-0.4, -0.2) is 23.9 Å². The van der Waals surface area contributed by atoms with Crippen molar-refractivity contribution in [1.82, 2.24) is 14.3 Å². The minimum Gasteiger partial charge on any atom is -0.337 e. The molecule has 1 aromatic heterocycles. The summed E-state index contributed by atoms with van der Waals surface area (Å²) in [5.41, 5.74) is 5.02. The van der Waals surface area contributed by atoms with Gasteiger partial charge in [0.2, 0.25) is 15.9 Å². The molecular weight excluding hydrogens is 520 g/mol. The van der Waals surface area contributed by atoms with Crippen LogP contribution < -0.4 is 9.62 Å². The summed E-state index contributed by atoms with van der Waals surface area (Å²) >= 11 is 0. The lowest BCUT2D eigenvalue weighted by molar-refractivity contribution is -0.120. The van der Waals surface area contributed by atoms with E-state index in [1.54, 1.807) is 18.3 Å². The highest BCUT2D eigenvalue weighted by atomic mass is 32.2. The third-order valence-corrected chi connectivity index (χ3v) is 9.69. The molecule has 206 valence electrons. The van der Waals surface area contributed by atoms with Gasteiger partial charge in [0.05, 0.1) is 11.4 Å². The molecule has 40 heavy (non-hydrogen) atoms. The zero-order valence-electron chi connectivity index (χ0n) is 22.8. The molecular formula is C32H34N4O3S. The number of anilines is 1. The molecule has 3 atom stereocenters. The molecule has 1 N–H and O–H groups in total. The maximum Gasteiger partial charge on any atom is 0.241 e. The second kappa shape index (κ2) is 10.7. The van der Waals surface area contributed by atoms with Crippen LogP contribution in [0.15, 0.2) is 90.1 Å². The Bertz CT molecular complexity index is 1630. The van der Waals surface area contributed by atoms with Crippen molar-refractivity contribution in [3.63, 3.8) is 0 Å². The Kier molecular flexibility index (Phi) is 7.06. The van der Waals surface area contributed by atoms with Crippen molar-refractivity contribution in [2.45, 2.75) is 56.0 Å². The highest BCUT2D eigenvalue weighted by Gasteiger charge is 2.46. The molecule has 0 spiro atoms. The number of amides is 1. The van der Waals surface area contributed by atoms with E-state index in [2.05, 4.69) is 27.9 Å². The molecule has 0 saturated heterocycles. The van der Waals surface area contributed by atoms with Crippen molar-refractivity contribution in [2.75, 3.05) is 4.90 Å². The van der Waals surface area contributed by atoms with E-state index in [1.165, 1.54) is 5.56 Å². The molecule has 1 amide bonds. The highest BCUT2D eigenvalue weighted by molar-refractivity contribution is 7.89. The number of aromatic nitrogens is 2. The van der Waals surface area contributed by atoms with Gasteiger partial charge in [-0.1, -0.05) is 54.1 Å². The third-order valence-electron chi connectivity index (χ3n) is 8.21. The lowest BCUT2D eigenvalue weighted by Gasteiger charge is -2.29. The predicted octanol–water partition coefficient (Wildman–Crippen LogP) is 5.42. The Hall–Kier alpha value is -3.75. The highest BCUT2D eigenvalue weighted by Crippen LogP contribution is 2.49. The lowest BCUT2D eigenvalue weighted by atomic mass is 9.87. The number of carbonyl (C=O) groups excluding carboxylic acids is 1. The minimum atomic E-state index is -3.70. The van der Waals surface area contributed by atoms with Gasteiger partial charge in [-0.05, 0) is 79.5 Å². The molecule has 2 aliphatic carbocycles. The van der Waals surface area contributed by atoms with E-state index >= 15 is 0 Å². The number of carbonyl (C=O) groups is 1. The number of aryl methyl sites for hydroxylation is 3. The molecule has 1 saturated carbocycles. The molecule has 1 heterocycles. The number of fused-ring (bicyclic) bond motifs is 1. The number of benzene rings is 3. The summed E-state index contributed by atoms with van der Waals surface area (Å²) in [7, 11) is -1.77. The van der Waals surface area contributed by atoms with Crippen molar-refractivity contribution in [2.24, 2.45) is 13.0 Å². The maximum absolute atomic E-state index is 14.0. The predicted molar refractivity (Wildman–Crippen MR) is 155 cm³/mol. The number of rotatable bonds is 8. The van der Waals surface area contributed by atoms with E-state index in [-0.39, 0.29) is 28.7 Å². The van der Waals surface area contributed by atoms with Crippen molar-refractivity contribution in [1.29, 1.82) is 0 Å². The Morgan fingerprint density at radius 1 is 1.07 bits per heavy atom. The minimum absolute atomic E-state index is 0.0735. The standard InChI is InChI=1S/C32H34N4O3S/c1-22-11-15-26(16-12-22)40(38,39)34-30-10-6-9-24-13-14-25(19-28(24)30)36(21-31-33-17-18-35(31)2)32(37)29-20-27(29)23-7-4-3-5-8-23/h3-5,7-8,11-19,27,29-30,34H,6,9-10,20-21H2,1-2H3/t27-,29+,30-/m0/s1. The smallest absolute Gasteiger partial charge is 0.241 e. The molecule has 7 nitrogen and oxygen atoms in total. The van der Waals surface area contributed by atoms with Crippen LogP contribution in [-0.2, 0) is 34.8 Å². The fourth-order valence-electron chi connectivity index (χ4n) is 5.77. The lowest BCUT2D eigenvalue weighted by Crippen LogP contribution is -2.34. The molecule has 2 aliphatic rings. The number of sulfonamides is 1. The van der Waals surface area contributed by atoms with Gasteiger partial charge in [-0.3, -0.25) is 4.79 Å². The summed E-state index contributed by atoms with van der Waals surface area (Å²) in [4.78, 5) is 20.6. The summed E-state index contributed by atoms with van der Waals surface area (Å²) in [6, 6.07) is 22.8. The van der Waals surface area contributed by atoms with Crippen LogP contribution in [0.25, 0.3) is 0 Å². The summed E-state index contributed by atoms with van der Waals surface area (Å²) < 4.78 is 31.4. The SMILES string of the molecule is Cc1ccc(S(=O)(=O)N[C@H]2CCCc3ccc(N(Cc4nccn4C)C(=O)[C@@H]4C[C@H]4c4ccccc4)cc32)cc1. The molecule has 4 aromatic rings. The van der Waals surface area contributed by atoms with E-state index in [1.807, 2.05) is 72.1 Å². The van der Waals surface area contributed by atoms with Crippen LogP contribution in [0.3, 0.4) is 0 Å². The molecule has 3 aromatic carbocycles. The van der Waals surface area contributed by atoms with Gasteiger partial charge in [-0.15, -0.1) is 0 Å². The topological polar surface area (TPSA) is 84.3 Å². The first-order valence-electron chi connectivity index (χ1n) is 13.8. The molecule has 0 bridgehead atoms. The van der Waals surface area contributed by atoms with Gasteiger partial charge < -0.3 is 9.47 Å². The Morgan fingerprint density at radius 3 is 2.58 bits per heavy atom. The first kappa shape index (κ1) is 26.5. The van der Waals surface area contributed by atoms with Crippen molar-refractivity contribution in [3.05, 3.63) is 113 Å². The number of imidazole rings is 1. The molecule has 1 fully saturated rings. The summed E-state index contributed by atoms with van der Waals surface area (Å²) in [6.07, 6.45) is 6.92. The van der Waals surface area contributed by atoms with Crippen LogP contribution >= 0.6 is 0 Å². The number of hydrogen-bond donors (Lipinski definition) is 1. The molecule has 8 heteroatoms. The first-order valence-corrected chi connectivity index (χ1v) is 15.3. The second-order valence-electron chi connectivity index (χ2n) is 11.0. The fraction of sp³-hybridized carbons (Fsp3) is 0.312. The Balaban J connectivity index is 1.31. The average molecular weight is 555 g/mol. The van der Waals surface area contributed by atoms with Gasteiger partial charge in [0.1, 0.15) is 5.82 Å². The van der Waals surface area contributed by atoms with Gasteiger partial charge in [-0.25, -0.2) is 18.1 Å². The first-order chi connectivity index (χ1) is 19.3. The van der Waals surface area contributed by atoms with Gasteiger partial charge in [0, 0.05) is 37.1 Å². The van der Waals surface area contributed by atoms with Crippen LogP contribution in [0, 0.1) is 12.8 Å². The average Bonchev–Trinajstić information content (AvgIpc) is 3.66. The molecule has 6 rings (SSSR count). The van der Waals surface area contributed by atoms with Gasteiger partial charge in [0.25, 0.3) is 0 Å². The molecule has 0 aliphatic heterocycles. The number of nitrogens with zero attached hydrogens (tertiary/aromatic N) is 3. The van der Waals surface area contributed by atoms with E-state index in [9.17, 15) is 13.2 Å². The summed E-state index contributed by atoms with van der Waals surface area (Å²) in [5, 5.41) is 0. The van der Waals surface area contributed by atoms with Gasteiger partial charge in [-0.2, -0.15) is 0 Å². The van der Waals surface area contributed by atoms with Crippen molar-refractivity contribution >= 4 is 21.6 Å². The quantitative estimate of drug-likeness (QED) is 0.315. The monoisotopic (exact) mass is 554 g/mol. The largest absolute Gasteiger partial charge is 0.337 e. The van der Waals surface area contributed by atoms with Crippen molar-refractivity contribution in [3.8, 4) is 0 Å². The van der Waals surface area contributed by atoms with Crippen molar-refractivity contribution < 1.29 is 13.2 Å². The van der Waals surface area contributed by atoms with Crippen LogP contribution in [0.5, 0.6) is 0 Å². The molecule has 0 unspecified atom stereocenters. The van der Waals surface area contributed by atoms with E-state index in [0.717, 1.165) is 47.5 Å². The zero-order chi connectivity index (χ0) is 27.9. The van der Waals surface area contributed by atoms with Crippen LogP contribution in [0.2, 0.25) is 0 Å². The number of nitrogens with one attached hydrogen (secondary N) is 1. The van der Waals surface area contributed by atoms with Crippen LogP contribution in [0.1, 0.15) is 59.3 Å². The molecule has 0 radical (unpaired) electrons. The third kappa shape index (κ3) is 5.33. The zero-order valence-corrected chi connectivity index (χ0v) is 23.6. The second-order valence-corrected chi connectivity index (χ2v) is 12.7. The Labute approximate surface area is 235 Å². The summed E-state index contributed by atoms with van der Waals surface area (Å²) in [6.45, 7) is 2.28. The van der Waals surface area contributed by atoms with E-state index in [4.69, 9.17) is 0 Å². The van der Waals surface area contributed by atoms with Gasteiger partial charge in [0.15, 0.2) is 0 Å². The van der Waals surface area contributed by atoms with Crippen LogP contribution in [0.4, 0.5) is 5.69 Å². The fourth-order valence-corrected chi connectivity index (χ4v) is 7.02. The maximum atomic E-state index is 14.0. The summed E-state index contributed by atoms with van der Waals surface area (Å²) in [5.74, 6) is 0.989. The normalized spacial score (nSPS) is 20.1. The van der Waals surface area contributed by atoms with E-state index in [0.29, 0.717) is 13.0 Å². The Morgan fingerprint density at radius 2 is 1.85 bits per heavy atom.